The number of amides is 2. The second kappa shape index (κ2) is 16.7. The van der Waals surface area contributed by atoms with E-state index in [0.29, 0.717) is 47.6 Å². The van der Waals surface area contributed by atoms with Crippen LogP contribution in [0.3, 0.4) is 0 Å². The first-order valence-electron chi connectivity index (χ1n) is 13.9. The maximum atomic E-state index is 12.6. The monoisotopic (exact) mass is 607 g/mol. The second-order valence-electron chi connectivity index (χ2n) is 9.81. The number of likely N-dealkylation sites (N-methyl/N-ethyl adjacent to an activating group) is 1. The molecule has 2 aromatic carbocycles. The fourth-order valence-corrected chi connectivity index (χ4v) is 4.77. The Morgan fingerprint density at radius 3 is 1.25 bits per heavy atom. The number of hydrogen-bond donors (Lipinski definition) is 2. The molecular formula is C33H41N3O8. The number of methoxy groups -OCH3 is 6. The lowest BCUT2D eigenvalue weighted by Gasteiger charge is -2.19. The van der Waals surface area contributed by atoms with E-state index in [9.17, 15) is 9.59 Å². The molecule has 2 unspecified atom stereocenters. The van der Waals surface area contributed by atoms with E-state index in [2.05, 4.69) is 15.5 Å². The summed E-state index contributed by atoms with van der Waals surface area (Å²) in [5.74, 6) is 2.64. The molecule has 1 saturated heterocycles. The molecule has 2 amide bonds. The van der Waals surface area contributed by atoms with Gasteiger partial charge >= 0.3 is 0 Å². The molecule has 0 bridgehead atoms. The minimum atomic E-state index is -0.261. The molecular weight excluding hydrogens is 566 g/mol. The molecule has 0 radical (unpaired) electrons. The topological polar surface area (TPSA) is 117 Å². The van der Waals surface area contributed by atoms with Gasteiger partial charge in [0, 0.05) is 25.2 Å². The van der Waals surface area contributed by atoms with Crippen LogP contribution >= 0.6 is 0 Å². The van der Waals surface area contributed by atoms with Crippen molar-refractivity contribution >= 4 is 24.0 Å². The van der Waals surface area contributed by atoms with Crippen molar-refractivity contribution in [2.24, 2.45) is 0 Å². The zero-order chi connectivity index (χ0) is 32.1. The number of nitrogens with one attached hydrogen (secondary N) is 2. The van der Waals surface area contributed by atoms with E-state index in [1.807, 2.05) is 43.5 Å². The van der Waals surface area contributed by atoms with Crippen LogP contribution in [0.1, 0.15) is 11.1 Å². The maximum Gasteiger partial charge on any atom is 0.244 e. The Morgan fingerprint density at radius 2 is 0.955 bits per heavy atom. The molecule has 2 atom stereocenters. The summed E-state index contributed by atoms with van der Waals surface area (Å²) in [5.41, 5.74) is 1.63. The summed E-state index contributed by atoms with van der Waals surface area (Å²) in [4.78, 5) is 27.3. The molecule has 11 nitrogen and oxygen atoms in total. The zero-order valence-corrected chi connectivity index (χ0v) is 26.2. The van der Waals surface area contributed by atoms with Gasteiger partial charge in [-0.05, 0) is 42.4 Å². The number of allylic oxidation sites excluding steroid dienone is 4. The average Bonchev–Trinajstić information content (AvgIpc) is 3.37. The summed E-state index contributed by atoms with van der Waals surface area (Å²) >= 11 is 0. The number of carbonyl (C=O) groups excluding carboxylic acids is 2. The van der Waals surface area contributed by atoms with Crippen molar-refractivity contribution in [3.8, 4) is 34.5 Å². The van der Waals surface area contributed by atoms with Crippen molar-refractivity contribution in [3.05, 3.63) is 71.8 Å². The van der Waals surface area contributed by atoms with Crippen molar-refractivity contribution < 1.29 is 38.0 Å². The van der Waals surface area contributed by atoms with E-state index in [1.165, 1.54) is 12.2 Å². The summed E-state index contributed by atoms with van der Waals surface area (Å²) in [6, 6.07) is 6.75. The first-order chi connectivity index (χ1) is 21.3. The highest BCUT2D eigenvalue weighted by Gasteiger charge is 2.32. The highest BCUT2D eigenvalue weighted by Crippen LogP contribution is 2.39. The van der Waals surface area contributed by atoms with Crippen molar-refractivity contribution in [1.82, 2.24) is 15.5 Å². The molecule has 1 aliphatic heterocycles. The lowest BCUT2D eigenvalue weighted by Crippen LogP contribution is -2.50. The van der Waals surface area contributed by atoms with Gasteiger partial charge in [0.2, 0.25) is 23.3 Å². The maximum absolute atomic E-state index is 12.6. The molecule has 0 spiro atoms. The minimum absolute atomic E-state index is 0.247. The van der Waals surface area contributed by atoms with Crippen LogP contribution in [0, 0.1) is 0 Å². The van der Waals surface area contributed by atoms with E-state index in [1.54, 1.807) is 67.0 Å². The highest BCUT2D eigenvalue weighted by atomic mass is 16.5. The summed E-state index contributed by atoms with van der Waals surface area (Å²) in [5, 5.41) is 5.98. The third-order valence-corrected chi connectivity index (χ3v) is 6.83. The number of hydrogen-bond acceptors (Lipinski definition) is 9. The normalized spacial score (nSPS) is 17.0. The lowest BCUT2D eigenvalue weighted by atomic mass is 10.1. The van der Waals surface area contributed by atoms with E-state index in [-0.39, 0.29) is 23.9 Å². The van der Waals surface area contributed by atoms with Gasteiger partial charge in [-0.15, -0.1) is 0 Å². The van der Waals surface area contributed by atoms with Crippen LogP contribution in [0.5, 0.6) is 34.5 Å². The SMILES string of the molecule is COc1cc(/C=C/C=C/C(=O)NC2CN(C)CC2NC(=O)/C=C/C=C/c2cc(OC)c(OC)c(OC)c2)cc(OC)c1OC. The van der Waals surface area contributed by atoms with Gasteiger partial charge in [0.15, 0.2) is 23.0 Å². The standard InChI is InChI=1S/C33H41N3O8/c1-36-20-24(34-30(37)14-10-8-12-22-16-26(39-2)32(43-6)27(17-22)40-3)25(21-36)35-31(38)15-11-9-13-23-18-28(41-4)33(44-7)29(19-23)42-5/h8-19,24-25H,20-21H2,1-7H3,(H,34,37)(H,35,38)/b12-8+,13-9+,14-10+,15-11+. The lowest BCUT2D eigenvalue weighted by molar-refractivity contribution is -0.119. The fraction of sp³-hybridized carbons (Fsp3) is 0.333. The van der Waals surface area contributed by atoms with Gasteiger partial charge in [-0.25, -0.2) is 0 Å². The molecule has 1 heterocycles. The number of ether oxygens (including phenoxy) is 6. The highest BCUT2D eigenvalue weighted by molar-refractivity contribution is 5.89. The zero-order valence-electron chi connectivity index (χ0n) is 26.2. The van der Waals surface area contributed by atoms with E-state index >= 15 is 0 Å². The molecule has 0 saturated carbocycles. The van der Waals surface area contributed by atoms with Crippen molar-refractivity contribution in [1.29, 1.82) is 0 Å². The summed E-state index contributed by atoms with van der Waals surface area (Å²) in [6.45, 7) is 1.22. The molecule has 0 aliphatic carbocycles. The Hall–Kier alpha value is -4.90. The predicted molar refractivity (Wildman–Crippen MR) is 170 cm³/mol. The first kappa shape index (κ1) is 33.6. The Balaban J connectivity index is 1.56. The van der Waals surface area contributed by atoms with Crippen molar-refractivity contribution in [2.75, 3.05) is 62.8 Å². The van der Waals surface area contributed by atoms with Gasteiger partial charge in [-0.1, -0.05) is 36.5 Å². The average molecular weight is 608 g/mol. The number of nitrogens with zero attached hydrogens (tertiary/aromatic N) is 1. The first-order valence-corrected chi connectivity index (χ1v) is 13.9. The van der Waals surface area contributed by atoms with E-state index < -0.39 is 0 Å². The predicted octanol–water partition coefficient (Wildman–Crippen LogP) is 3.49. The number of likely N-dealkylation sites (tertiary alicyclic amines) is 1. The molecule has 2 aromatic rings. The van der Waals surface area contributed by atoms with Crippen LogP contribution < -0.4 is 39.1 Å². The van der Waals surface area contributed by atoms with Crippen molar-refractivity contribution in [3.63, 3.8) is 0 Å². The molecule has 11 heteroatoms. The molecule has 2 N–H and O–H groups in total. The van der Waals surface area contributed by atoms with Gasteiger partial charge in [0.25, 0.3) is 0 Å². The summed E-state index contributed by atoms with van der Waals surface area (Å²) in [6.07, 6.45) is 13.3. The van der Waals surface area contributed by atoms with Gasteiger partial charge in [0.05, 0.1) is 54.7 Å². The van der Waals surface area contributed by atoms with Crippen LogP contribution in [0.2, 0.25) is 0 Å². The third-order valence-electron chi connectivity index (χ3n) is 6.83. The van der Waals surface area contributed by atoms with Gasteiger partial charge < -0.3 is 44.0 Å². The quantitative estimate of drug-likeness (QED) is 0.246. The van der Waals surface area contributed by atoms with Crippen molar-refractivity contribution in [2.45, 2.75) is 12.1 Å². The van der Waals surface area contributed by atoms with Gasteiger partial charge in [-0.2, -0.15) is 0 Å². The van der Waals surface area contributed by atoms with Crippen LogP contribution in [-0.2, 0) is 9.59 Å². The van der Waals surface area contributed by atoms with Crippen LogP contribution in [0.25, 0.3) is 12.2 Å². The molecule has 0 aromatic heterocycles. The molecule has 1 aliphatic rings. The van der Waals surface area contributed by atoms with E-state index in [0.717, 1.165) is 11.1 Å². The molecule has 1 fully saturated rings. The Kier molecular flexibility index (Phi) is 12.7. The fourth-order valence-electron chi connectivity index (χ4n) is 4.77. The molecule has 44 heavy (non-hydrogen) atoms. The second-order valence-corrected chi connectivity index (χ2v) is 9.81. The van der Waals surface area contributed by atoms with Crippen LogP contribution in [0.15, 0.2) is 60.7 Å². The summed E-state index contributed by atoms with van der Waals surface area (Å²) < 4.78 is 32.2. The summed E-state index contributed by atoms with van der Waals surface area (Å²) in [7, 11) is 11.2. The Morgan fingerprint density at radius 1 is 0.614 bits per heavy atom. The van der Waals surface area contributed by atoms with Crippen LogP contribution in [-0.4, -0.2) is 91.6 Å². The van der Waals surface area contributed by atoms with Gasteiger partial charge in [0.1, 0.15) is 0 Å². The minimum Gasteiger partial charge on any atom is -0.493 e. The Bertz CT molecular complexity index is 1260. The molecule has 3 rings (SSSR count). The largest absolute Gasteiger partial charge is 0.493 e. The smallest absolute Gasteiger partial charge is 0.244 e. The van der Waals surface area contributed by atoms with E-state index in [4.69, 9.17) is 28.4 Å². The Labute approximate surface area is 258 Å². The number of rotatable bonds is 14. The molecule has 236 valence electrons. The number of benzene rings is 2. The van der Waals surface area contributed by atoms with Gasteiger partial charge in [-0.3, -0.25) is 9.59 Å². The van der Waals surface area contributed by atoms with Crippen LogP contribution in [0.4, 0.5) is 0 Å². The number of carbonyl (C=O) groups is 2. The third kappa shape index (κ3) is 9.05.